The van der Waals surface area contributed by atoms with E-state index in [-0.39, 0.29) is 6.10 Å². The van der Waals surface area contributed by atoms with Crippen LogP contribution >= 0.6 is 11.8 Å². The summed E-state index contributed by atoms with van der Waals surface area (Å²) in [5.74, 6) is 2.05. The fourth-order valence-electron chi connectivity index (χ4n) is 1.96. The average molecular weight is 296 g/mol. The summed E-state index contributed by atoms with van der Waals surface area (Å²) in [6.07, 6.45) is 7.46. The lowest BCUT2D eigenvalue weighted by Crippen LogP contribution is -2.08. The predicted octanol–water partition coefficient (Wildman–Crippen LogP) is 4.39. The summed E-state index contributed by atoms with van der Waals surface area (Å²) < 4.78 is 5.69. The van der Waals surface area contributed by atoms with E-state index >= 15 is 0 Å². The van der Waals surface area contributed by atoms with Crippen LogP contribution < -0.4 is 15.8 Å². The maximum atomic E-state index is 5.91. The van der Waals surface area contributed by atoms with Gasteiger partial charge in [0.2, 0.25) is 0 Å². The summed E-state index contributed by atoms with van der Waals surface area (Å²) >= 11 is 1.93. The van der Waals surface area contributed by atoms with E-state index in [0.29, 0.717) is 5.69 Å². The summed E-state index contributed by atoms with van der Waals surface area (Å²) in [4.78, 5) is 0. The third kappa shape index (κ3) is 6.94. The molecule has 20 heavy (non-hydrogen) atoms. The molecule has 4 heteroatoms. The van der Waals surface area contributed by atoms with E-state index in [1.54, 1.807) is 0 Å². The van der Waals surface area contributed by atoms with Crippen LogP contribution in [0.3, 0.4) is 0 Å². The smallest absolute Gasteiger partial charge is 0.144 e. The van der Waals surface area contributed by atoms with Crippen molar-refractivity contribution in [2.45, 2.75) is 45.6 Å². The van der Waals surface area contributed by atoms with Gasteiger partial charge in [-0.1, -0.05) is 12.8 Å². The number of hydrogen-bond acceptors (Lipinski definition) is 4. The molecule has 0 saturated carbocycles. The first-order valence-electron chi connectivity index (χ1n) is 7.42. The Kier molecular flexibility index (Phi) is 8.35. The van der Waals surface area contributed by atoms with Gasteiger partial charge >= 0.3 is 0 Å². The van der Waals surface area contributed by atoms with Crippen molar-refractivity contribution in [3.8, 4) is 5.75 Å². The highest BCUT2D eigenvalue weighted by atomic mass is 32.2. The third-order valence-electron chi connectivity index (χ3n) is 2.98. The second kappa shape index (κ2) is 9.81. The minimum atomic E-state index is 0.143. The zero-order chi connectivity index (χ0) is 14.8. The second-order valence-electron chi connectivity index (χ2n) is 5.25. The first kappa shape index (κ1) is 17.0. The molecule has 3 N–H and O–H groups in total. The summed E-state index contributed by atoms with van der Waals surface area (Å²) in [5, 5.41) is 3.44. The number of hydrogen-bond donors (Lipinski definition) is 2. The number of thioether (sulfide) groups is 1. The van der Waals surface area contributed by atoms with Gasteiger partial charge in [-0.15, -0.1) is 0 Å². The van der Waals surface area contributed by atoms with Crippen LogP contribution in [-0.4, -0.2) is 24.7 Å². The average Bonchev–Trinajstić information content (AvgIpc) is 2.40. The fraction of sp³-hybridized carbons (Fsp3) is 0.625. The molecule has 0 saturated heterocycles. The first-order valence-corrected chi connectivity index (χ1v) is 8.82. The van der Waals surface area contributed by atoms with Gasteiger partial charge in [0.1, 0.15) is 5.75 Å². The number of rotatable bonds is 10. The van der Waals surface area contributed by atoms with Crippen molar-refractivity contribution in [1.29, 1.82) is 0 Å². The standard InChI is InChI=1S/C16H28N2OS/c1-13(2)19-16-12-14(8-9-15(16)17)18-10-6-4-5-7-11-20-3/h8-9,12-13,18H,4-7,10-11,17H2,1-3H3. The highest BCUT2D eigenvalue weighted by Crippen LogP contribution is 2.26. The van der Waals surface area contributed by atoms with Crippen LogP contribution in [0, 0.1) is 0 Å². The molecule has 0 amide bonds. The van der Waals surface area contributed by atoms with E-state index in [9.17, 15) is 0 Å². The molecule has 0 fully saturated rings. The van der Waals surface area contributed by atoms with Crippen LogP contribution in [0.25, 0.3) is 0 Å². The fourth-order valence-corrected chi connectivity index (χ4v) is 2.45. The molecule has 1 aromatic rings. The highest BCUT2D eigenvalue weighted by Gasteiger charge is 2.04. The Balaban J connectivity index is 2.29. The lowest BCUT2D eigenvalue weighted by atomic mass is 10.2. The van der Waals surface area contributed by atoms with E-state index in [2.05, 4.69) is 11.6 Å². The third-order valence-corrected chi connectivity index (χ3v) is 3.68. The number of anilines is 2. The molecule has 0 aliphatic rings. The van der Waals surface area contributed by atoms with E-state index in [1.165, 1.54) is 31.4 Å². The molecule has 0 aromatic heterocycles. The molecule has 0 atom stereocenters. The molecule has 0 bridgehead atoms. The van der Waals surface area contributed by atoms with Gasteiger partial charge in [-0.25, -0.2) is 0 Å². The number of nitrogen functional groups attached to an aromatic ring is 1. The summed E-state index contributed by atoms with van der Waals surface area (Å²) in [7, 11) is 0. The first-order chi connectivity index (χ1) is 9.63. The summed E-state index contributed by atoms with van der Waals surface area (Å²) in [6, 6.07) is 5.90. The topological polar surface area (TPSA) is 47.3 Å². The number of benzene rings is 1. The van der Waals surface area contributed by atoms with Gasteiger partial charge in [-0.2, -0.15) is 11.8 Å². The van der Waals surface area contributed by atoms with Crippen molar-refractivity contribution < 1.29 is 4.74 Å². The van der Waals surface area contributed by atoms with Crippen LogP contribution in [0.1, 0.15) is 39.5 Å². The Morgan fingerprint density at radius 2 is 1.95 bits per heavy atom. The van der Waals surface area contributed by atoms with Crippen LogP contribution in [-0.2, 0) is 0 Å². The maximum Gasteiger partial charge on any atom is 0.144 e. The van der Waals surface area contributed by atoms with Gasteiger partial charge < -0.3 is 15.8 Å². The quantitative estimate of drug-likeness (QED) is 0.496. The van der Waals surface area contributed by atoms with Crippen LogP contribution in [0.4, 0.5) is 11.4 Å². The summed E-state index contributed by atoms with van der Waals surface area (Å²) in [5.41, 5.74) is 7.68. The van der Waals surface area contributed by atoms with Gasteiger partial charge in [0.05, 0.1) is 11.8 Å². The monoisotopic (exact) mass is 296 g/mol. The largest absolute Gasteiger partial charge is 0.489 e. The molecule has 3 nitrogen and oxygen atoms in total. The minimum Gasteiger partial charge on any atom is -0.489 e. The molecule has 0 heterocycles. The normalized spacial score (nSPS) is 10.8. The van der Waals surface area contributed by atoms with Crippen molar-refractivity contribution in [2.75, 3.05) is 29.6 Å². The molecular weight excluding hydrogens is 268 g/mol. The van der Waals surface area contributed by atoms with Gasteiger partial charge in [0.25, 0.3) is 0 Å². The molecule has 0 aliphatic heterocycles. The highest BCUT2D eigenvalue weighted by molar-refractivity contribution is 7.98. The molecule has 1 rings (SSSR count). The molecule has 1 aromatic carbocycles. The van der Waals surface area contributed by atoms with Gasteiger partial charge in [0.15, 0.2) is 0 Å². The van der Waals surface area contributed by atoms with Crippen molar-refractivity contribution in [3.63, 3.8) is 0 Å². The van der Waals surface area contributed by atoms with Crippen LogP contribution in [0.2, 0.25) is 0 Å². The molecule has 114 valence electrons. The van der Waals surface area contributed by atoms with Gasteiger partial charge in [0, 0.05) is 18.3 Å². The zero-order valence-corrected chi connectivity index (χ0v) is 13.8. The molecule has 0 aliphatic carbocycles. The summed E-state index contributed by atoms with van der Waals surface area (Å²) in [6.45, 7) is 5.02. The molecule has 0 spiro atoms. The van der Waals surface area contributed by atoms with Gasteiger partial charge in [-0.3, -0.25) is 0 Å². The van der Waals surface area contributed by atoms with Crippen molar-refractivity contribution in [2.24, 2.45) is 0 Å². The van der Waals surface area contributed by atoms with E-state index in [1.807, 2.05) is 43.8 Å². The van der Waals surface area contributed by atoms with Crippen molar-refractivity contribution >= 4 is 23.1 Å². The van der Waals surface area contributed by atoms with E-state index in [0.717, 1.165) is 18.0 Å². The molecule has 0 radical (unpaired) electrons. The van der Waals surface area contributed by atoms with Crippen molar-refractivity contribution in [3.05, 3.63) is 18.2 Å². The Labute approximate surface area is 127 Å². The molecule has 0 unspecified atom stereocenters. The van der Waals surface area contributed by atoms with Gasteiger partial charge in [-0.05, 0) is 50.8 Å². The Hall–Kier alpha value is -1.03. The Morgan fingerprint density at radius 3 is 2.65 bits per heavy atom. The minimum absolute atomic E-state index is 0.143. The molecular formula is C16H28N2OS. The Bertz CT molecular complexity index is 383. The predicted molar refractivity (Wildman–Crippen MR) is 92.0 cm³/mol. The number of ether oxygens (including phenoxy) is 1. The van der Waals surface area contributed by atoms with Crippen LogP contribution in [0.15, 0.2) is 18.2 Å². The van der Waals surface area contributed by atoms with E-state index in [4.69, 9.17) is 10.5 Å². The number of nitrogens with one attached hydrogen (secondary N) is 1. The van der Waals surface area contributed by atoms with Crippen molar-refractivity contribution in [1.82, 2.24) is 0 Å². The zero-order valence-electron chi connectivity index (χ0n) is 12.9. The lowest BCUT2D eigenvalue weighted by Gasteiger charge is -2.14. The van der Waals surface area contributed by atoms with Crippen LogP contribution in [0.5, 0.6) is 5.75 Å². The van der Waals surface area contributed by atoms with E-state index < -0.39 is 0 Å². The number of unbranched alkanes of at least 4 members (excludes halogenated alkanes) is 3. The number of nitrogens with two attached hydrogens (primary N) is 1. The maximum absolute atomic E-state index is 5.91. The lowest BCUT2D eigenvalue weighted by molar-refractivity contribution is 0.244. The Morgan fingerprint density at radius 1 is 1.20 bits per heavy atom. The SMILES string of the molecule is CSCCCCCCNc1ccc(N)c(OC(C)C)c1. The second-order valence-corrected chi connectivity index (χ2v) is 6.24.